The maximum absolute atomic E-state index is 12.5. The highest BCUT2D eigenvalue weighted by atomic mass is 79.9. The zero-order chi connectivity index (χ0) is 79.2. The number of likely N-dealkylation sites (tertiary alicyclic amines) is 2. The van der Waals surface area contributed by atoms with Crippen LogP contribution < -0.4 is 20.1 Å². The number of aliphatic carboxylic acids is 1. The van der Waals surface area contributed by atoms with Gasteiger partial charge in [-0.05, 0) is 205 Å². The molecule has 0 radical (unpaired) electrons. The molecule has 2 aliphatic heterocycles. The number of carboxylic acids is 1. The van der Waals surface area contributed by atoms with Gasteiger partial charge in [0.25, 0.3) is 0 Å². The smallest absolute Gasteiger partial charge is 0.309 e. The molecule has 2 aliphatic rings. The Labute approximate surface area is 669 Å². The number of pyridine rings is 5. The molecular formula is C81H77Br3N14O12S2. The highest BCUT2D eigenvalue weighted by Gasteiger charge is 2.23. The number of sulfone groups is 2. The second kappa shape index (κ2) is 36.2. The molecule has 4 aromatic carbocycles. The fraction of sp³-hybridized carbons (Fsp3) is 0.210. The van der Waals surface area contributed by atoms with E-state index in [9.17, 15) is 40.8 Å². The summed E-state index contributed by atoms with van der Waals surface area (Å²) in [6, 6.07) is 46.9. The summed E-state index contributed by atoms with van der Waals surface area (Å²) in [5, 5.41) is 19.0. The number of nitrogens with zero attached hydrogens (tertiary/aromatic N) is 7. The number of carboxylic acid groups (broad SMARTS) is 1. The van der Waals surface area contributed by atoms with Crippen molar-refractivity contribution in [2.75, 3.05) is 63.5 Å². The molecule has 112 heavy (non-hydrogen) atoms. The first kappa shape index (κ1) is 80.1. The third kappa shape index (κ3) is 20.8. The minimum Gasteiger partial charge on any atom is -0.497 e. The minimum atomic E-state index is -3.25. The standard InChI is InChI=1S/C23H21N3O4S.C20H21N3O3S.C16H14BrN3O2.C13H14BrN3O.C9H7BrN2O2/c1-30-18-5-3-4-16(12-18)25-22(27)14-17-13-21-20(10-11-24-23(21)26-17)15-6-8-19(9-7-15)31(2,28)29;1-27(25,26)16-6-4-14(5-7-16)17-8-9-21-20-18(17)12-15(22-20)13-19(24)23-10-2-3-11-23;1-22-12-4-2-3-10(7-12)19-15(21)9-11-8-13-14(17)5-6-18-16(13)20-11;14-11-3-4-15-13-10(11)7-9(16-13)8-12(18)17-5-1-2-6-17;10-7-1-2-11-9-6(7)3-5(12-9)4-8(13)14/h3-13H,14H2,1-2H3,(H,24,26)(H,25,27);4-9,12H,2-3,10-11,13H2,1H3,(H,21,22);2-8H,9H2,1H3,(H,18,20)(H,19,21);3-4,7H,1-2,5-6,8H2,(H,15,16);1-3H,4H2,(H,11,12)(H,13,14). The Morgan fingerprint density at radius 2 is 0.714 bits per heavy atom. The topological polar surface area (TPSA) is 366 Å². The Hall–Kier alpha value is -11.4. The lowest BCUT2D eigenvalue weighted by Crippen LogP contribution is -2.29. The number of H-pyrrole nitrogens is 5. The third-order valence-corrected chi connectivity index (χ3v) is 22.6. The van der Waals surface area contributed by atoms with Gasteiger partial charge in [0.2, 0.25) is 23.6 Å². The molecule has 2 saturated heterocycles. The fourth-order valence-corrected chi connectivity index (χ4v) is 15.4. The summed E-state index contributed by atoms with van der Waals surface area (Å²) in [5.41, 5.74) is 12.7. The quantitative estimate of drug-likeness (QED) is 0.0395. The average molecular weight is 1740 g/mol. The first-order valence-electron chi connectivity index (χ1n) is 35.4. The highest BCUT2D eigenvalue weighted by Crippen LogP contribution is 2.33. The van der Waals surface area contributed by atoms with Crippen molar-refractivity contribution in [3.63, 3.8) is 0 Å². The van der Waals surface area contributed by atoms with Crippen molar-refractivity contribution in [2.24, 2.45) is 0 Å². The van der Waals surface area contributed by atoms with Gasteiger partial charge in [0.15, 0.2) is 19.7 Å². The second-order valence-corrected chi connectivity index (χ2v) is 33.1. The van der Waals surface area contributed by atoms with Gasteiger partial charge in [-0.2, -0.15) is 0 Å². The van der Waals surface area contributed by atoms with E-state index in [0.29, 0.717) is 57.6 Å². The molecule has 10 aromatic heterocycles. The molecule has 0 aliphatic carbocycles. The number of carbonyl (C=O) groups excluding carboxylic acids is 4. The summed E-state index contributed by atoms with van der Waals surface area (Å²) in [4.78, 5) is 101. The fourth-order valence-electron chi connectivity index (χ4n) is 12.9. The molecule has 0 saturated carbocycles. The number of rotatable bonds is 18. The van der Waals surface area contributed by atoms with Crippen LogP contribution in [0.25, 0.3) is 77.4 Å². The Kier molecular flexibility index (Phi) is 25.9. The molecule has 0 spiro atoms. The number of amides is 4. The molecule has 4 amide bonds. The maximum atomic E-state index is 12.5. The van der Waals surface area contributed by atoms with Crippen molar-refractivity contribution < 1.29 is 55.4 Å². The summed E-state index contributed by atoms with van der Waals surface area (Å²) < 4.78 is 59.9. The molecule has 16 rings (SSSR count). The van der Waals surface area contributed by atoms with Gasteiger partial charge in [-0.3, -0.25) is 24.0 Å². The van der Waals surface area contributed by atoms with Crippen LogP contribution in [-0.4, -0.2) is 164 Å². The zero-order valence-corrected chi connectivity index (χ0v) is 67.5. The third-order valence-electron chi connectivity index (χ3n) is 18.3. The lowest BCUT2D eigenvalue weighted by atomic mass is 10.0. The number of nitrogens with one attached hydrogen (secondary N) is 7. The maximum Gasteiger partial charge on any atom is 0.309 e. The molecule has 12 heterocycles. The van der Waals surface area contributed by atoms with Gasteiger partial charge in [0.1, 0.15) is 39.7 Å². The van der Waals surface area contributed by atoms with E-state index in [-0.39, 0.29) is 47.8 Å². The average Bonchev–Trinajstić information content (AvgIpc) is 1.62. The van der Waals surface area contributed by atoms with Crippen LogP contribution in [0.1, 0.15) is 54.2 Å². The van der Waals surface area contributed by atoms with Crippen LogP contribution >= 0.6 is 47.8 Å². The SMILES string of the molecule is COc1cccc(NC(=O)Cc2cc3c(-c4ccc(S(C)(=O)=O)cc4)ccnc3[nH]2)c1.COc1cccc(NC(=O)Cc2cc3c(Br)ccnc3[nH]2)c1.CS(=O)(=O)c1ccc(-c2ccnc3[nH]c(CC(=O)N4CCCC4)cc23)cc1.O=C(Cc1cc2c(Br)ccnc2[nH]1)N1CCCC1.O=C(O)Cc1cc2c(Br)ccnc2[nH]1. The number of fused-ring (bicyclic) bond motifs is 5. The van der Waals surface area contributed by atoms with Gasteiger partial charge in [-0.1, -0.05) is 36.4 Å². The highest BCUT2D eigenvalue weighted by molar-refractivity contribution is 9.11. The van der Waals surface area contributed by atoms with Crippen molar-refractivity contribution in [3.05, 3.63) is 231 Å². The summed E-state index contributed by atoms with van der Waals surface area (Å²) in [5.74, 6) is 0.589. The van der Waals surface area contributed by atoms with Crippen LogP contribution in [0.5, 0.6) is 11.5 Å². The molecule has 0 bridgehead atoms. The Morgan fingerprint density at radius 3 is 1.03 bits per heavy atom. The van der Waals surface area contributed by atoms with E-state index in [1.807, 2.05) is 94.7 Å². The van der Waals surface area contributed by atoms with E-state index >= 15 is 0 Å². The lowest BCUT2D eigenvalue weighted by molar-refractivity contribution is -0.136. The molecule has 576 valence electrons. The van der Waals surface area contributed by atoms with Crippen LogP contribution in [0.3, 0.4) is 0 Å². The number of carbonyl (C=O) groups is 5. The van der Waals surface area contributed by atoms with E-state index in [1.54, 1.807) is 118 Å². The molecule has 0 atom stereocenters. The van der Waals surface area contributed by atoms with Gasteiger partial charge in [0, 0.05) is 162 Å². The number of methoxy groups -OCH3 is 2. The van der Waals surface area contributed by atoms with Crippen LogP contribution in [0.15, 0.2) is 212 Å². The molecule has 8 N–H and O–H groups in total. The number of halogens is 3. The minimum absolute atomic E-state index is 0.0111. The summed E-state index contributed by atoms with van der Waals surface area (Å²) in [6.07, 6.45) is 16.5. The summed E-state index contributed by atoms with van der Waals surface area (Å²) in [6.45, 7) is 3.49. The number of aromatic amines is 5. The Bertz CT molecular complexity index is 6010. The first-order chi connectivity index (χ1) is 53.8. The number of aromatic nitrogens is 10. The van der Waals surface area contributed by atoms with Crippen molar-refractivity contribution >= 4 is 164 Å². The van der Waals surface area contributed by atoms with Crippen molar-refractivity contribution in [1.82, 2.24) is 59.6 Å². The van der Waals surface area contributed by atoms with Crippen LogP contribution in [0.4, 0.5) is 11.4 Å². The normalized spacial score (nSPS) is 12.6. The van der Waals surface area contributed by atoms with Crippen molar-refractivity contribution in [2.45, 2.75) is 67.6 Å². The molecule has 14 aromatic rings. The molecule has 2 fully saturated rings. The molecule has 26 nitrogen and oxygen atoms in total. The molecule has 0 unspecified atom stereocenters. The summed E-state index contributed by atoms with van der Waals surface area (Å²) >= 11 is 10.3. The first-order valence-corrected chi connectivity index (χ1v) is 41.5. The molecular weight excluding hydrogens is 1660 g/mol. The van der Waals surface area contributed by atoms with Crippen LogP contribution in [0.2, 0.25) is 0 Å². The molecule has 31 heteroatoms. The zero-order valence-electron chi connectivity index (χ0n) is 61.1. The number of hydrogen-bond acceptors (Lipinski definition) is 16. The number of anilines is 2. The van der Waals surface area contributed by atoms with Gasteiger partial charge in [-0.15, -0.1) is 0 Å². The monoisotopic (exact) mass is 1740 g/mol. The lowest BCUT2D eigenvalue weighted by Gasteiger charge is -2.14. The van der Waals surface area contributed by atoms with Crippen molar-refractivity contribution in [1.29, 1.82) is 0 Å². The largest absolute Gasteiger partial charge is 0.497 e. The van der Waals surface area contributed by atoms with E-state index in [2.05, 4.69) is 108 Å². The van der Waals surface area contributed by atoms with E-state index in [1.165, 1.54) is 12.5 Å². The van der Waals surface area contributed by atoms with Crippen molar-refractivity contribution in [3.8, 4) is 33.8 Å². The summed E-state index contributed by atoms with van der Waals surface area (Å²) in [7, 11) is -3.31. The van der Waals surface area contributed by atoms with E-state index in [4.69, 9.17) is 14.6 Å². The van der Waals surface area contributed by atoms with Crippen LogP contribution in [-0.2, 0) is 75.8 Å². The van der Waals surface area contributed by atoms with Gasteiger partial charge in [0.05, 0.1) is 56.1 Å². The number of hydrogen-bond donors (Lipinski definition) is 8. The van der Waals surface area contributed by atoms with Gasteiger partial charge >= 0.3 is 5.97 Å². The predicted octanol–water partition coefficient (Wildman–Crippen LogP) is 14.6. The van der Waals surface area contributed by atoms with Gasteiger partial charge < -0.3 is 59.9 Å². The van der Waals surface area contributed by atoms with Crippen LogP contribution in [0, 0.1) is 0 Å². The second-order valence-electron chi connectivity index (χ2n) is 26.5. The Morgan fingerprint density at radius 1 is 0.411 bits per heavy atom. The number of ether oxygens (including phenoxy) is 2. The predicted molar refractivity (Wildman–Crippen MR) is 442 cm³/mol. The van der Waals surface area contributed by atoms with Gasteiger partial charge in [-0.25, -0.2) is 41.8 Å². The van der Waals surface area contributed by atoms with E-state index in [0.717, 1.165) is 154 Å². The Balaban J connectivity index is 0.000000133. The number of benzene rings is 4. The van der Waals surface area contributed by atoms with E-state index < -0.39 is 25.6 Å².